The van der Waals surface area contributed by atoms with E-state index in [9.17, 15) is 8.42 Å². The Morgan fingerprint density at radius 3 is 2.28 bits per heavy atom. The Bertz CT molecular complexity index is 515. The molecule has 1 unspecified atom stereocenters. The molecule has 1 aliphatic rings. The number of benzene rings is 1. The largest absolute Gasteiger partial charge is 0.382 e. The highest BCUT2D eigenvalue weighted by Gasteiger charge is 2.42. The van der Waals surface area contributed by atoms with Crippen LogP contribution < -0.4 is 5.32 Å². The normalized spacial score (nSPS) is 19.3. The Morgan fingerprint density at radius 1 is 1.28 bits per heavy atom. The quantitative estimate of drug-likeness (QED) is 0.891. The first-order chi connectivity index (χ1) is 8.37. The number of anilines is 1. The highest BCUT2D eigenvalue weighted by Crippen LogP contribution is 2.48. The summed E-state index contributed by atoms with van der Waals surface area (Å²) in [6.07, 6.45) is 2.53. The second kappa shape index (κ2) is 4.57. The van der Waals surface area contributed by atoms with Crippen molar-refractivity contribution in [3.63, 3.8) is 0 Å². The van der Waals surface area contributed by atoms with Gasteiger partial charge in [-0.3, -0.25) is 0 Å². The molecule has 18 heavy (non-hydrogen) atoms. The van der Waals surface area contributed by atoms with Crippen molar-refractivity contribution in [3.8, 4) is 0 Å². The molecule has 100 valence electrons. The number of hydrogen-bond donors (Lipinski definition) is 1. The SMILES string of the molecule is CCS(=O)(=O)c1ccc(NC(C)C2(C)CC2)cc1. The average molecular weight is 267 g/mol. The van der Waals surface area contributed by atoms with Crippen LogP contribution in [-0.4, -0.2) is 20.2 Å². The monoisotopic (exact) mass is 267 g/mol. The van der Waals surface area contributed by atoms with Gasteiger partial charge < -0.3 is 5.32 Å². The molecule has 0 aliphatic heterocycles. The smallest absolute Gasteiger partial charge is 0.178 e. The van der Waals surface area contributed by atoms with E-state index in [1.54, 1.807) is 19.1 Å². The van der Waals surface area contributed by atoms with Crippen LogP contribution in [0.1, 0.15) is 33.6 Å². The fourth-order valence-corrected chi connectivity index (χ4v) is 2.86. The van der Waals surface area contributed by atoms with Gasteiger partial charge in [-0.15, -0.1) is 0 Å². The third kappa shape index (κ3) is 2.69. The maximum Gasteiger partial charge on any atom is 0.178 e. The zero-order valence-corrected chi connectivity index (χ0v) is 12.0. The summed E-state index contributed by atoms with van der Waals surface area (Å²) in [7, 11) is -3.09. The summed E-state index contributed by atoms with van der Waals surface area (Å²) in [6.45, 7) is 6.13. The summed E-state index contributed by atoms with van der Waals surface area (Å²) in [5.41, 5.74) is 1.40. The van der Waals surface area contributed by atoms with Crippen LogP contribution in [0.2, 0.25) is 0 Å². The van der Waals surface area contributed by atoms with Crippen LogP contribution in [0.25, 0.3) is 0 Å². The van der Waals surface area contributed by atoms with E-state index < -0.39 is 9.84 Å². The number of rotatable bonds is 5. The van der Waals surface area contributed by atoms with Crippen LogP contribution in [-0.2, 0) is 9.84 Å². The van der Waals surface area contributed by atoms with Crippen molar-refractivity contribution in [3.05, 3.63) is 24.3 Å². The lowest BCUT2D eigenvalue weighted by Gasteiger charge is -2.21. The van der Waals surface area contributed by atoms with Crippen LogP contribution in [0.3, 0.4) is 0 Å². The standard InChI is InChI=1S/C14H21NO2S/c1-4-18(16,17)13-7-5-12(6-8-13)15-11(2)14(3)9-10-14/h5-8,11,15H,4,9-10H2,1-3H3. The molecule has 3 nitrogen and oxygen atoms in total. The number of sulfone groups is 1. The Balaban J connectivity index is 2.09. The van der Waals surface area contributed by atoms with E-state index in [2.05, 4.69) is 19.2 Å². The molecule has 0 amide bonds. The molecular formula is C14H21NO2S. The molecule has 1 saturated carbocycles. The summed E-state index contributed by atoms with van der Waals surface area (Å²) in [6, 6.07) is 7.49. The molecule has 0 spiro atoms. The molecule has 1 aromatic rings. The maximum absolute atomic E-state index is 11.7. The lowest BCUT2D eigenvalue weighted by atomic mass is 10.0. The maximum atomic E-state index is 11.7. The van der Waals surface area contributed by atoms with Crippen LogP contribution in [0.4, 0.5) is 5.69 Å². The van der Waals surface area contributed by atoms with Gasteiger partial charge in [-0.2, -0.15) is 0 Å². The first-order valence-electron chi connectivity index (χ1n) is 6.47. The summed E-state index contributed by atoms with van der Waals surface area (Å²) in [5.74, 6) is 0.147. The minimum atomic E-state index is -3.09. The van der Waals surface area contributed by atoms with Gasteiger partial charge in [0.1, 0.15) is 0 Å². The van der Waals surface area contributed by atoms with Gasteiger partial charge in [0.05, 0.1) is 10.6 Å². The molecule has 0 saturated heterocycles. The van der Waals surface area contributed by atoms with Gasteiger partial charge in [-0.25, -0.2) is 8.42 Å². The van der Waals surface area contributed by atoms with E-state index in [4.69, 9.17) is 0 Å². The van der Waals surface area contributed by atoms with Crippen molar-refractivity contribution in [1.82, 2.24) is 0 Å². The molecule has 0 bridgehead atoms. The Labute approximate surface area is 110 Å². The third-order valence-corrected chi connectivity index (χ3v) is 5.81. The molecule has 1 atom stereocenters. The molecule has 1 fully saturated rings. The summed E-state index contributed by atoms with van der Waals surface area (Å²) in [4.78, 5) is 0.404. The molecule has 1 aromatic carbocycles. The fourth-order valence-electron chi connectivity index (χ4n) is 1.98. The van der Waals surface area contributed by atoms with E-state index in [0.29, 0.717) is 16.4 Å². The topological polar surface area (TPSA) is 46.2 Å². The van der Waals surface area contributed by atoms with Gasteiger partial charge in [0.15, 0.2) is 9.84 Å². The first kappa shape index (κ1) is 13.4. The number of hydrogen-bond acceptors (Lipinski definition) is 3. The van der Waals surface area contributed by atoms with Crippen molar-refractivity contribution >= 4 is 15.5 Å². The van der Waals surface area contributed by atoms with E-state index in [0.717, 1.165) is 5.69 Å². The molecule has 0 radical (unpaired) electrons. The molecule has 1 N–H and O–H groups in total. The van der Waals surface area contributed by atoms with E-state index >= 15 is 0 Å². The molecule has 0 heterocycles. The highest BCUT2D eigenvalue weighted by atomic mass is 32.2. The van der Waals surface area contributed by atoms with Gasteiger partial charge in [0.2, 0.25) is 0 Å². The van der Waals surface area contributed by atoms with Gasteiger partial charge in [0, 0.05) is 11.7 Å². The summed E-state index contributed by atoms with van der Waals surface area (Å²) < 4.78 is 23.4. The Hall–Kier alpha value is -1.03. The lowest BCUT2D eigenvalue weighted by molar-refractivity contribution is 0.493. The van der Waals surface area contributed by atoms with Crippen molar-refractivity contribution in [1.29, 1.82) is 0 Å². The van der Waals surface area contributed by atoms with Crippen molar-refractivity contribution in [2.75, 3.05) is 11.1 Å². The summed E-state index contributed by atoms with van der Waals surface area (Å²) in [5, 5.41) is 3.45. The molecule has 4 heteroatoms. The lowest BCUT2D eigenvalue weighted by Crippen LogP contribution is -2.24. The van der Waals surface area contributed by atoms with Crippen LogP contribution in [0.15, 0.2) is 29.2 Å². The molecule has 0 aromatic heterocycles. The summed E-state index contributed by atoms with van der Waals surface area (Å²) >= 11 is 0. The average Bonchev–Trinajstić information content (AvgIpc) is 3.09. The zero-order valence-electron chi connectivity index (χ0n) is 11.2. The predicted octanol–water partition coefficient (Wildman–Crippen LogP) is 3.08. The van der Waals surface area contributed by atoms with Crippen LogP contribution in [0, 0.1) is 5.41 Å². The molecule has 1 aliphatic carbocycles. The second-order valence-corrected chi connectivity index (χ2v) is 7.73. The van der Waals surface area contributed by atoms with E-state index in [1.807, 2.05) is 12.1 Å². The third-order valence-electron chi connectivity index (χ3n) is 4.06. The van der Waals surface area contributed by atoms with Crippen molar-refractivity contribution < 1.29 is 8.42 Å². The van der Waals surface area contributed by atoms with E-state index in [-0.39, 0.29) is 5.75 Å². The Kier molecular flexibility index (Phi) is 3.41. The number of nitrogens with one attached hydrogen (secondary N) is 1. The van der Waals surface area contributed by atoms with Crippen molar-refractivity contribution in [2.24, 2.45) is 5.41 Å². The molecular weight excluding hydrogens is 246 g/mol. The predicted molar refractivity (Wildman–Crippen MR) is 74.6 cm³/mol. The second-order valence-electron chi connectivity index (χ2n) is 5.45. The van der Waals surface area contributed by atoms with Gasteiger partial charge in [0.25, 0.3) is 0 Å². The fraction of sp³-hybridized carbons (Fsp3) is 0.571. The highest BCUT2D eigenvalue weighted by molar-refractivity contribution is 7.91. The van der Waals surface area contributed by atoms with Crippen LogP contribution >= 0.6 is 0 Å². The zero-order chi connectivity index (χ0) is 13.4. The van der Waals surface area contributed by atoms with E-state index in [1.165, 1.54) is 12.8 Å². The van der Waals surface area contributed by atoms with Gasteiger partial charge >= 0.3 is 0 Å². The van der Waals surface area contributed by atoms with Gasteiger partial charge in [-0.1, -0.05) is 13.8 Å². The van der Waals surface area contributed by atoms with Crippen molar-refractivity contribution in [2.45, 2.75) is 44.6 Å². The van der Waals surface area contributed by atoms with Crippen LogP contribution in [0.5, 0.6) is 0 Å². The van der Waals surface area contributed by atoms with Gasteiger partial charge in [-0.05, 0) is 49.4 Å². The first-order valence-corrected chi connectivity index (χ1v) is 8.12. The Morgan fingerprint density at radius 2 is 1.83 bits per heavy atom. The minimum absolute atomic E-state index is 0.147. The minimum Gasteiger partial charge on any atom is -0.382 e. The molecule has 2 rings (SSSR count).